The Balaban J connectivity index is 1.59. The first kappa shape index (κ1) is 16.9. The van der Waals surface area contributed by atoms with Crippen molar-refractivity contribution < 1.29 is 12.8 Å². The highest BCUT2D eigenvalue weighted by Crippen LogP contribution is 2.24. The van der Waals surface area contributed by atoms with E-state index in [4.69, 9.17) is 0 Å². The number of nitrogens with one attached hydrogen (secondary N) is 1. The van der Waals surface area contributed by atoms with Crippen molar-refractivity contribution in [3.05, 3.63) is 59.9 Å². The van der Waals surface area contributed by atoms with Gasteiger partial charge in [-0.15, -0.1) is 0 Å². The van der Waals surface area contributed by atoms with Crippen LogP contribution in [0.15, 0.2) is 53.4 Å². The zero-order chi connectivity index (χ0) is 17.2. The van der Waals surface area contributed by atoms with Crippen molar-refractivity contribution >= 4 is 15.7 Å². The number of hydrogen-bond acceptors (Lipinski definition) is 3. The van der Waals surface area contributed by atoms with Crippen LogP contribution in [-0.4, -0.2) is 28.1 Å². The summed E-state index contributed by atoms with van der Waals surface area (Å²) in [6.07, 6.45) is 0.910. The Bertz CT molecular complexity index is 806. The van der Waals surface area contributed by atoms with Gasteiger partial charge in [0.2, 0.25) is 10.0 Å². The minimum atomic E-state index is -3.48. The van der Waals surface area contributed by atoms with Gasteiger partial charge in [-0.25, -0.2) is 17.5 Å². The molecule has 1 aliphatic heterocycles. The van der Waals surface area contributed by atoms with E-state index in [2.05, 4.69) is 9.62 Å². The SMILES string of the molecule is Cc1cccc(S(=O)(=O)NCC2CCN(c3ccc(F)cc3)C2)c1. The summed E-state index contributed by atoms with van der Waals surface area (Å²) in [5, 5.41) is 0. The molecule has 24 heavy (non-hydrogen) atoms. The van der Waals surface area contributed by atoms with E-state index in [1.807, 2.05) is 13.0 Å². The van der Waals surface area contributed by atoms with E-state index in [-0.39, 0.29) is 11.7 Å². The van der Waals surface area contributed by atoms with Crippen molar-refractivity contribution in [3.8, 4) is 0 Å². The summed E-state index contributed by atoms with van der Waals surface area (Å²) in [6, 6.07) is 13.3. The largest absolute Gasteiger partial charge is 0.371 e. The fourth-order valence-corrected chi connectivity index (χ4v) is 4.20. The fraction of sp³-hybridized carbons (Fsp3) is 0.333. The summed E-state index contributed by atoms with van der Waals surface area (Å²) in [5.74, 6) is -0.00458. The molecule has 0 spiro atoms. The van der Waals surface area contributed by atoms with Crippen molar-refractivity contribution in [2.45, 2.75) is 18.2 Å². The highest BCUT2D eigenvalue weighted by Gasteiger charge is 2.24. The quantitative estimate of drug-likeness (QED) is 0.904. The molecule has 2 aromatic carbocycles. The molecule has 1 aliphatic rings. The number of nitrogens with zero attached hydrogens (tertiary/aromatic N) is 1. The van der Waals surface area contributed by atoms with Crippen molar-refractivity contribution in [1.29, 1.82) is 0 Å². The van der Waals surface area contributed by atoms with Crippen LogP contribution in [0.25, 0.3) is 0 Å². The molecule has 2 aromatic rings. The van der Waals surface area contributed by atoms with Gasteiger partial charge in [-0.05, 0) is 61.2 Å². The second-order valence-corrected chi connectivity index (χ2v) is 8.01. The molecule has 1 N–H and O–H groups in total. The molecule has 6 heteroatoms. The lowest BCUT2D eigenvalue weighted by atomic mass is 10.1. The maximum atomic E-state index is 13.0. The van der Waals surface area contributed by atoms with Gasteiger partial charge in [0.15, 0.2) is 0 Å². The highest BCUT2D eigenvalue weighted by atomic mass is 32.2. The molecule has 0 saturated carbocycles. The van der Waals surface area contributed by atoms with Crippen LogP contribution in [-0.2, 0) is 10.0 Å². The summed E-state index contributed by atoms with van der Waals surface area (Å²) in [4.78, 5) is 2.46. The van der Waals surface area contributed by atoms with Gasteiger partial charge in [-0.1, -0.05) is 12.1 Å². The number of hydrogen-bond donors (Lipinski definition) is 1. The molecule has 1 heterocycles. The highest BCUT2D eigenvalue weighted by molar-refractivity contribution is 7.89. The molecular weight excluding hydrogens is 327 g/mol. The van der Waals surface area contributed by atoms with Crippen LogP contribution in [0.4, 0.5) is 10.1 Å². The van der Waals surface area contributed by atoms with Gasteiger partial charge in [-0.2, -0.15) is 0 Å². The van der Waals surface area contributed by atoms with Gasteiger partial charge >= 0.3 is 0 Å². The minimum Gasteiger partial charge on any atom is -0.371 e. The Kier molecular flexibility index (Phi) is 4.87. The number of halogens is 1. The van der Waals surface area contributed by atoms with E-state index < -0.39 is 10.0 Å². The molecule has 4 nitrogen and oxygen atoms in total. The molecule has 3 rings (SSSR count). The molecule has 0 aromatic heterocycles. The molecule has 0 bridgehead atoms. The van der Waals surface area contributed by atoms with Crippen LogP contribution in [0, 0.1) is 18.7 Å². The Morgan fingerprint density at radius 3 is 2.67 bits per heavy atom. The maximum Gasteiger partial charge on any atom is 0.240 e. The molecule has 1 atom stereocenters. The summed E-state index contributed by atoms with van der Waals surface area (Å²) >= 11 is 0. The lowest BCUT2D eigenvalue weighted by Crippen LogP contribution is -2.31. The first-order valence-corrected chi connectivity index (χ1v) is 9.49. The maximum absolute atomic E-state index is 13.0. The van der Waals surface area contributed by atoms with Crippen LogP contribution < -0.4 is 9.62 Å². The summed E-state index contributed by atoms with van der Waals surface area (Å²) in [7, 11) is -3.48. The Hall–Kier alpha value is -1.92. The molecular formula is C18H21FN2O2S. The van der Waals surface area contributed by atoms with Crippen LogP contribution in [0.1, 0.15) is 12.0 Å². The van der Waals surface area contributed by atoms with Gasteiger partial charge < -0.3 is 4.90 Å². The van der Waals surface area contributed by atoms with E-state index in [1.54, 1.807) is 30.3 Å². The third-order valence-corrected chi connectivity index (χ3v) is 5.76. The van der Waals surface area contributed by atoms with Crippen molar-refractivity contribution in [3.63, 3.8) is 0 Å². The van der Waals surface area contributed by atoms with Crippen molar-refractivity contribution in [2.75, 3.05) is 24.5 Å². The Morgan fingerprint density at radius 1 is 1.21 bits per heavy atom. The molecule has 1 fully saturated rings. The average molecular weight is 348 g/mol. The second kappa shape index (κ2) is 6.91. The summed E-state index contributed by atoms with van der Waals surface area (Å²) in [6.45, 7) is 3.90. The predicted molar refractivity (Wildman–Crippen MR) is 93.1 cm³/mol. The lowest BCUT2D eigenvalue weighted by Gasteiger charge is -2.19. The van der Waals surface area contributed by atoms with Gasteiger partial charge in [0, 0.05) is 25.3 Å². The third-order valence-electron chi connectivity index (χ3n) is 4.34. The molecule has 0 amide bonds. The topological polar surface area (TPSA) is 49.4 Å². The smallest absolute Gasteiger partial charge is 0.240 e. The fourth-order valence-electron chi connectivity index (χ4n) is 2.98. The van der Waals surface area contributed by atoms with Crippen molar-refractivity contribution in [2.24, 2.45) is 5.92 Å². The molecule has 1 unspecified atom stereocenters. The Morgan fingerprint density at radius 2 is 1.96 bits per heavy atom. The zero-order valence-electron chi connectivity index (χ0n) is 13.6. The Labute approximate surface area is 142 Å². The van der Waals surface area contributed by atoms with Crippen molar-refractivity contribution in [1.82, 2.24) is 4.72 Å². The van der Waals surface area contributed by atoms with Crippen LogP contribution in [0.2, 0.25) is 0 Å². The molecule has 1 saturated heterocycles. The summed E-state index contributed by atoms with van der Waals surface area (Å²) in [5.41, 5.74) is 1.89. The third kappa shape index (κ3) is 3.94. The molecule has 0 aliphatic carbocycles. The second-order valence-electron chi connectivity index (χ2n) is 6.25. The zero-order valence-corrected chi connectivity index (χ0v) is 14.4. The number of benzene rings is 2. The standard InChI is InChI=1S/C18H21FN2O2S/c1-14-3-2-4-18(11-14)24(22,23)20-12-15-9-10-21(13-15)17-7-5-16(19)6-8-17/h2-8,11,15,20H,9-10,12-13H2,1H3. The average Bonchev–Trinajstić information content (AvgIpc) is 3.03. The van der Waals surface area contributed by atoms with Gasteiger partial charge in [0.05, 0.1) is 4.90 Å². The van der Waals surface area contributed by atoms with Gasteiger partial charge in [0.25, 0.3) is 0 Å². The number of anilines is 1. The number of sulfonamides is 1. The number of rotatable bonds is 5. The van der Waals surface area contributed by atoms with Crippen LogP contribution in [0.3, 0.4) is 0 Å². The van der Waals surface area contributed by atoms with E-state index >= 15 is 0 Å². The van der Waals surface area contributed by atoms with E-state index in [0.29, 0.717) is 11.4 Å². The van der Waals surface area contributed by atoms with E-state index in [9.17, 15) is 12.8 Å². The van der Waals surface area contributed by atoms with E-state index in [1.165, 1.54) is 12.1 Å². The molecule has 0 radical (unpaired) electrons. The van der Waals surface area contributed by atoms with Gasteiger partial charge in [-0.3, -0.25) is 0 Å². The van der Waals surface area contributed by atoms with Gasteiger partial charge in [0.1, 0.15) is 5.82 Å². The van der Waals surface area contributed by atoms with Crippen LogP contribution >= 0.6 is 0 Å². The van der Waals surface area contributed by atoms with E-state index in [0.717, 1.165) is 30.8 Å². The summed E-state index contributed by atoms with van der Waals surface area (Å²) < 4.78 is 40.4. The predicted octanol–water partition coefficient (Wildman–Crippen LogP) is 2.94. The first-order valence-electron chi connectivity index (χ1n) is 8.01. The molecule has 128 valence electrons. The van der Waals surface area contributed by atoms with Crippen LogP contribution in [0.5, 0.6) is 0 Å². The normalized spacial score (nSPS) is 18.1. The first-order chi connectivity index (χ1) is 11.4. The minimum absolute atomic E-state index is 0.245. The monoisotopic (exact) mass is 348 g/mol. The number of aryl methyl sites for hydroxylation is 1. The lowest BCUT2D eigenvalue weighted by molar-refractivity contribution is 0.541.